The summed E-state index contributed by atoms with van der Waals surface area (Å²) in [6.07, 6.45) is -0.850. The first-order valence-corrected chi connectivity index (χ1v) is 12.1. The van der Waals surface area contributed by atoms with E-state index in [1.807, 2.05) is 12.1 Å². The molecule has 2 aromatic carbocycles. The summed E-state index contributed by atoms with van der Waals surface area (Å²) in [5, 5.41) is 5.02. The SMILES string of the molecule is O=S(=O)(N[C@H]1CC[C@@H](Nc2ccnc3cc(Cl)ccc23)CC1)c1ccccc1OC(F)(F)F. The van der Waals surface area contributed by atoms with Crippen LogP contribution in [-0.4, -0.2) is 31.8 Å². The molecule has 0 atom stereocenters. The summed E-state index contributed by atoms with van der Waals surface area (Å²) in [5.74, 6) is -0.752. The molecule has 4 rings (SSSR count). The number of para-hydroxylation sites is 1. The Bertz CT molecular complexity index is 1250. The van der Waals surface area contributed by atoms with Gasteiger partial charge in [0, 0.05) is 34.4 Å². The zero-order chi connectivity index (χ0) is 23.6. The van der Waals surface area contributed by atoms with Crippen molar-refractivity contribution in [3.63, 3.8) is 0 Å². The minimum atomic E-state index is -4.99. The molecule has 0 bridgehead atoms. The molecular weight excluding hydrogens is 479 g/mol. The van der Waals surface area contributed by atoms with Crippen LogP contribution in [0.1, 0.15) is 25.7 Å². The lowest BCUT2D eigenvalue weighted by Gasteiger charge is -2.30. The van der Waals surface area contributed by atoms with Gasteiger partial charge in [0.25, 0.3) is 0 Å². The molecule has 0 aliphatic heterocycles. The first-order chi connectivity index (χ1) is 15.6. The number of sulfonamides is 1. The Morgan fingerprint density at radius 2 is 1.70 bits per heavy atom. The maximum absolute atomic E-state index is 12.8. The fraction of sp³-hybridized carbons (Fsp3) is 0.318. The highest BCUT2D eigenvalue weighted by Crippen LogP contribution is 2.31. The monoisotopic (exact) mass is 499 g/mol. The van der Waals surface area contributed by atoms with Gasteiger partial charge in [-0.1, -0.05) is 23.7 Å². The standard InChI is InChI=1S/C22H21ClF3N3O3S/c23-14-5-10-17-18(11-12-27-19(17)13-14)28-15-6-8-16(9-7-15)29-33(30,31)21-4-2-1-3-20(21)32-22(24,25)26/h1-5,10-13,15-16,29H,6-9H2,(H,27,28)/t15-,16+. The molecule has 0 radical (unpaired) electrons. The summed E-state index contributed by atoms with van der Waals surface area (Å²) in [7, 11) is -4.19. The number of fused-ring (bicyclic) bond motifs is 1. The minimum absolute atomic E-state index is 0.118. The third kappa shape index (κ3) is 5.87. The molecule has 1 fully saturated rings. The molecule has 0 unspecified atom stereocenters. The van der Waals surface area contributed by atoms with Crippen LogP contribution in [0.2, 0.25) is 5.02 Å². The lowest BCUT2D eigenvalue weighted by molar-refractivity contribution is -0.275. The van der Waals surface area contributed by atoms with Crippen molar-refractivity contribution >= 4 is 38.2 Å². The lowest BCUT2D eigenvalue weighted by atomic mass is 9.91. The zero-order valence-corrected chi connectivity index (χ0v) is 18.8. The third-order valence-corrected chi connectivity index (χ3v) is 7.27. The number of nitrogens with zero attached hydrogens (tertiary/aromatic N) is 1. The Balaban J connectivity index is 1.40. The zero-order valence-electron chi connectivity index (χ0n) is 17.3. The number of nitrogens with one attached hydrogen (secondary N) is 2. The summed E-state index contributed by atoms with van der Waals surface area (Å²) >= 11 is 6.04. The van der Waals surface area contributed by atoms with Gasteiger partial charge in [0.15, 0.2) is 0 Å². The lowest BCUT2D eigenvalue weighted by Crippen LogP contribution is -2.40. The number of aromatic nitrogens is 1. The highest BCUT2D eigenvalue weighted by Gasteiger charge is 2.35. The van der Waals surface area contributed by atoms with Crippen LogP contribution >= 0.6 is 11.6 Å². The van der Waals surface area contributed by atoms with Crippen LogP contribution in [0.3, 0.4) is 0 Å². The van der Waals surface area contributed by atoms with Gasteiger partial charge in [-0.2, -0.15) is 0 Å². The second kappa shape index (κ2) is 9.36. The number of benzene rings is 2. The van der Waals surface area contributed by atoms with Crippen molar-refractivity contribution in [2.45, 2.75) is 49.0 Å². The largest absolute Gasteiger partial charge is 0.573 e. The van der Waals surface area contributed by atoms with Crippen LogP contribution < -0.4 is 14.8 Å². The van der Waals surface area contributed by atoms with Gasteiger partial charge >= 0.3 is 6.36 Å². The van der Waals surface area contributed by atoms with E-state index in [0.717, 1.165) is 28.7 Å². The Kier molecular flexibility index (Phi) is 6.69. The van der Waals surface area contributed by atoms with Crippen molar-refractivity contribution in [3.8, 4) is 5.75 Å². The molecule has 176 valence electrons. The molecule has 1 aliphatic rings. The van der Waals surface area contributed by atoms with E-state index in [-0.39, 0.29) is 12.1 Å². The average Bonchev–Trinajstić information content (AvgIpc) is 2.74. The third-order valence-electron chi connectivity index (χ3n) is 5.48. The normalized spacial score (nSPS) is 19.4. The fourth-order valence-corrected chi connectivity index (χ4v) is 5.59. The predicted octanol–water partition coefficient (Wildman–Crippen LogP) is 5.49. The van der Waals surface area contributed by atoms with Gasteiger partial charge in [0.2, 0.25) is 10.0 Å². The van der Waals surface area contributed by atoms with Gasteiger partial charge in [-0.25, -0.2) is 13.1 Å². The van der Waals surface area contributed by atoms with E-state index in [0.29, 0.717) is 30.7 Å². The van der Waals surface area contributed by atoms with Crippen LogP contribution in [0, 0.1) is 0 Å². The number of ether oxygens (including phenoxy) is 1. The first-order valence-electron chi connectivity index (χ1n) is 10.3. The Morgan fingerprint density at radius 1 is 1.00 bits per heavy atom. The topological polar surface area (TPSA) is 80.3 Å². The highest BCUT2D eigenvalue weighted by molar-refractivity contribution is 7.89. The number of pyridine rings is 1. The van der Waals surface area contributed by atoms with Crippen molar-refractivity contribution in [3.05, 3.63) is 59.8 Å². The number of anilines is 1. The molecule has 0 saturated heterocycles. The molecule has 1 aromatic heterocycles. The molecule has 6 nitrogen and oxygen atoms in total. The van der Waals surface area contributed by atoms with E-state index in [1.165, 1.54) is 12.1 Å². The Hall–Kier alpha value is -2.56. The summed E-state index contributed by atoms with van der Waals surface area (Å²) in [5.41, 5.74) is 1.69. The fourth-order valence-electron chi connectivity index (χ4n) is 3.99. The van der Waals surface area contributed by atoms with Gasteiger partial charge < -0.3 is 10.1 Å². The number of halogens is 4. The quantitative estimate of drug-likeness (QED) is 0.469. The molecule has 0 amide bonds. The molecular formula is C22H21ClF3N3O3S. The van der Waals surface area contributed by atoms with Crippen LogP contribution in [-0.2, 0) is 10.0 Å². The molecule has 33 heavy (non-hydrogen) atoms. The minimum Gasteiger partial charge on any atom is -0.404 e. The van der Waals surface area contributed by atoms with Crippen molar-refractivity contribution in [2.75, 3.05) is 5.32 Å². The second-order valence-corrected chi connectivity index (χ2v) is 9.95. The van der Waals surface area contributed by atoms with Gasteiger partial charge in [-0.15, -0.1) is 13.2 Å². The van der Waals surface area contributed by atoms with E-state index in [1.54, 1.807) is 18.3 Å². The number of alkyl halides is 3. The molecule has 0 spiro atoms. The van der Waals surface area contributed by atoms with E-state index < -0.39 is 27.0 Å². The summed E-state index contributed by atoms with van der Waals surface area (Å²) in [6, 6.07) is 11.8. The summed E-state index contributed by atoms with van der Waals surface area (Å²) < 4.78 is 69.9. The second-order valence-electron chi connectivity index (χ2n) is 7.83. The van der Waals surface area contributed by atoms with Crippen molar-refractivity contribution in [1.29, 1.82) is 0 Å². The van der Waals surface area contributed by atoms with Gasteiger partial charge in [0.05, 0.1) is 5.52 Å². The predicted molar refractivity (Wildman–Crippen MR) is 120 cm³/mol. The smallest absolute Gasteiger partial charge is 0.404 e. The number of hydrogen-bond acceptors (Lipinski definition) is 5. The van der Waals surface area contributed by atoms with Gasteiger partial charge in [-0.05, 0) is 62.1 Å². The first kappa shape index (κ1) is 23.6. The highest BCUT2D eigenvalue weighted by atomic mass is 35.5. The van der Waals surface area contributed by atoms with E-state index in [9.17, 15) is 21.6 Å². The molecule has 11 heteroatoms. The Labute approximate surface area is 194 Å². The van der Waals surface area contributed by atoms with E-state index in [2.05, 4.69) is 19.8 Å². The molecule has 3 aromatic rings. The van der Waals surface area contributed by atoms with E-state index >= 15 is 0 Å². The van der Waals surface area contributed by atoms with Crippen LogP contribution in [0.4, 0.5) is 18.9 Å². The maximum atomic E-state index is 12.8. The van der Waals surface area contributed by atoms with Crippen LogP contribution in [0.5, 0.6) is 5.75 Å². The van der Waals surface area contributed by atoms with E-state index in [4.69, 9.17) is 11.6 Å². The molecule has 1 aliphatic carbocycles. The molecule has 2 N–H and O–H groups in total. The maximum Gasteiger partial charge on any atom is 0.573 e. The number of hydrogen-bond donors (Lipinski definition) is 2. The van der Waals surface area contributed by atoms with Gasteiger partial charge in [-0.3, -0.25) is 4.98 Å². The van der Waals surface area contributed by atoms with Gasteiger partial charge in [0.1, 0.15) is 10.6 Å². The van der Waals surface area contributed by atoms with Crippen LogP contribution in [0.25, 0.3) is 10.9 Å². The average molecular weight is 500 g/mol. The van der Waals surface area contributed by atoms with Crippen LogP contribution in [0.15, 0.2) is 59.6 Å². The molecule has 1 saturated carbocycles. The van der Waals surface area contributed by atoms with Crippen molar-refractivity contribution in [2.24, 2.45) is 0 Å². The number of rotatable bonds is 6. The van der Waals surface area contributed by atoms with Crippen molar-refractivity contribution in [1.82, 2.24) is 9.71 Å². The molecule has 1 heterocycles. The van der Waals surface area contributed by atoms with Crippen molar-refractivity contribution < 1.29 is 26.3 Å². The summed E-state index contributed by atoms with van der Waals surface area (Å²) in [6.45, 7) is 0. The Morgan fingerprint density at radius 3 is 2.42 bits per heavy atom. The summed E-state index contributed by atoms with van der Waals surface area (Å²) in [4.78, 5) is 3.79.